The van der Waals surface area contributed by atoms with E-state index in [9.17, 15) is 0 Å². The van der Waals surface area contributed by atoms with Gasteiger partial charge in [-0.3, -0.25) is 0 Å². The molecule has 0 aliphatic carbocycles. The van der Waals surface area contributed by atoms with Crippen LogP contribution in [0.15, 0.2) is 43.0 Å². The first-order valence-electron chi connectivity index (χ1n) is 6.18. The van der Waals surface area contributed by atoms with Gasteiger partial charge in [0.15, 0.2) is 0 Å². The molecule has 0 N–H and O–H groups in total. The third-order valence-electron chi connectivity index (χ3n) is 2.56. The summed E-state index contributed by atoms with van der Waals surface area (Å²) < 4.78 is 3.44. The molecular weight excluding hydrogens is 240 g/mol. The van der Waals surface area contributed by atoms with Gasteiger partial charge in [-0.15, -0.1) is 5.10 Å². The summed E-state index contributed by atoms with van der Waals surface area (Å²) in [7, 11) is 0. The van der Waals surface area contributed by atoms with Crippen LogP contribution in [0.1, 0.15) is 19.4 Å². The Morgan fingerprint density at radius 2 is 1.95 bits per heavy atom. The van der Waals surface area contributed by atoms with Gasteiger partial charge in [-0.25, -0.2) is 9.36 Å². The third kappa shape index (κ3) is 2.67. The van der Waals surface area contributed by atoms with Crippen LogP contribution < -0.4 is 0 Å². The minimum atomic E-state index is 0.908. The van der Waals surface area contributed by atoms with Gasteiger partial charge in [0.05, 0.1) is 11.4 Å². The van der Waals surface area contributed by atoms with Gasteiger partial charge in [-0.2, -0.15) is 5.10 Å². The Kier molecular flexibility index (Phi) is 4.02. The van der Waals surface area contributed by atoms with Gasteiger partial charge < -0.3 is 0 Å². The Bertz CT molecular complexity index is 613. The van der Waals surface area contributed by atoms with Crippen LogP contribution in [0.4, 0.5) is 0 Å². The van der Waals surface area contributed by atoms with Gasteiger partial charge in [-0.05, 0) is 41.1 Å². The molecule has 0 spiro atoms. The van der Waals surface area contributed by atoms with Crippen molar-refractivity contribution in [2.45, 2.75) is 20.8 Å². The zero-order valence-corrected chi connectivity index (χ0v) is 11.2. The standard InChI is InChI=1S/C11H10N6.C2H6/c1-9-3-4-10(17-8-12-14-15-17)7-11(9)16-6-2-5-13-16;1-2/h2-8H,1H3;1-2H3. The average molecular weight is 256 g/mol. The second kappa shape index (κ2) is 5.90. The maximum atomic E-state index is 4.23. The minimum Gasteiger partial charge on any atom is -0.241 e. The molecule has 0 saturated carbocycles. The summed E-state index contributed by atoms with van der Waals surface area (Å²) in [6, 6.07) is 7.88. The van der Waals surface area contributed by atoms with E-state index in [2.05, 4.69) is 20.6 Å². The zero-order valence-electron chi connectivity index (χ0n) is 11.2. The molecule has 6 nitrogen and oxygen atoms in total. The number of aryl methyl sites for hydroxylation is 1. The van der Waals surface area contributed by atoms with Crippen LogP contribution in [-0.2, 0) is 0 Å². The molecule has 6 heteroatoms. The highest BCUT2D eigenvalue weighted by Gasteiger charge is 2.05. The Morgan fingerprint density at radius 1 is 1.11 bits per heavy atom. The van der Waals surface area contributed by atoms with E-state index in [-0.39, 0.29) is 0 Å². The summed E-state index contributed by atoms with van der Waals surface area (Å²) in [4.78, 5) is 0. The Labute approximate surface area is 111 Å². The fourth-order valence-corrected chi connectivity index (χ4v) is 1.68. The topological polar surface area (TPSA) is 61.4 Å². The fourth-order valence-electron chi connectivity index (χ4n) is 1.68. The highest BCUT2D eigenvalue weighted by atomic mass is 15.5. The molecule has 3 rings (SSSR count). The van der Waals surface area contributed by atoms with Gasteiger partial charge in [0, 0.05) is 12.4 Å². The zero-order chi connectivity index (χ0) is 13.7. The van der Waals surface area contributed by atoms with Crippen molar-refractivity contribution in [1.29, 1.82) is 0 Å². The summed E-state index contributed by atoms with van der Waals surface area (Å²) in [6.07, 6.45) is 5.23. The second-order valence-electron chi connectivity index (χ2n) is 3.68. The van der Waals surface area contributed by atoms with Crippen molar-refractivity contribution < 1.29 is 0 Å². The van der Waals surface area contributed by atoms with Gasteiger partial charge in [0.2, 0.25) is 0 Å². The molecule has 0 unspecified atom stereocenters. The number of hydrogen-bond acceptors (Lipinski definition) is 4. The lowest BCUT2D eigenvalue weighted by molar-refractivity contribution is 0.785. The van der Waals surface area contributed by atoms with E-state index in [1.54, 1.807) is 17.2 Å². The van der Waals surface area contributed by atoms with E-state index in [1.807, 2.05) is 55.9 Å². The lowest BCUT2D eigenvalue weighted by atomic mass is 10.2. The molecule has 98 valence electrons. The molecule has 2 aromatic heterocycles. The minimum absolute atomic E-state index is 0.908. The molecule has 2 heterocycles. The highest BCUT2D eigenvalue weighted by Crippen LogP contribution is 2.17. The molecule has 0 saturated heterocycles. The lowest BCUT2D eigenvalue weighted by Crippen LogP contribution is -2.01. The second-order valence-corrected chi connectivity index (χ2v) is 3.68. The van der Waals surface area contributed by atoms with Crippen LogP contribution in [0.5, 0.6) is 0 Å². The molecule has 0 aliphatic heterocycles. The highest BCUT2D eigenvalue weighted by molar-refractivity contribution is 5.48. The molecule has 0 bridgehead atoms. The number of hydrogen-bond donors (Lipinski definition) is 0. The van der Waals surface area contributed by atoms with Crippen LogP contribution in [0, 0.1) is 6.92 Å². The summed E-state index contributed by atoms with van der Waals surface area (Å²) in [5, 5.41) is 15.3. The molecular formula is C13H16N6. The number of benzene rings is 1. The largest absolute Gasteiger partial charge is 0.241 e. The molecule has 0 radical (unpaired) electrons. The van der Waals surface area contributed by atoms with Crippen molar-refractivity contribution in [2.24, 2.45) is 0 Å². The molecule has 1 aromatic carbocycles. The van der Waals surface area contributed by atoms with Crippen molar-refractivity contribution in [3.05, 3.63) is 48.5 Å². The fraction of sp³-hybridized carbons (Fsp3) is 0.231. The van der Waals surface area contributed by atoms with Gasteiger partial charge in [0.1, 0.15) is 6.33 Å². The third-order valence-corrected chi connectivity index (χ3v) is 2.56. The Balaban J connectivity index is 0.000000637. The van der Waals surface area contributed by atoms with Gasteiger partial charge in [0.25, 0.3) is 0 Å². The van der Waals surface area contributed by atoms with E-state index >= 15 is 0 Å². The van der Waals surface area contributed by atoms with E-state index in [0.29, 0.717) is 0 Å². The first-order chi connectivity index (χ1) is 9.34. The van der Waals surface area contributed by atoms with Crippen molar-refractivity contribution in [3.8, 4) is 11.4 Å². The van der Waals surface area contributed by atoms with Crippen LogP contribution in [-0.4, -0.2) is 30.0 Å². The maximum absolute atomic E-state index is 4.23. The van der Waals surface area contributed by atoms with Crippen LogP contribution >= 0.6 is 0 Å². The molecule has 3 aromatic rings. The van der Waals surface area contributed by atoms with Crippen LogP contribution in [0.3, 0.4) is 0 Å². The SMILES string of the molecule is CC.Cc1ccc(-n2cnnn2)cc1-n1cccn1. The van der Waals surface area contributed by atoms with Crippen LogP contribution in [0.2, 0.25) is 0 Å². The van der Waals surface area contributed by atoms with E-state index < -0.39 is 0 Å². The number of aromatic nitrogens is 6. The van der Waals surface area contributed by atoms with Gasteiger partial charge >= 0.3 is 0 Å². The summed E-state index contributed by atoms with van der Waals surface area (Å²) >= 11 is 0. The first kappa shape index (κ1) is 12.9. The van der Waals surface area contributed by atoms with E-state index in [4.69, 9.17) is 0 Å². The maximum Gasteiger partial charge on any atom is 0.143 e. The quantitative estimate of drug-likeness (QED) is 0.705. The molecule has 0 fully saturated rings. The predicted molar refractivity (Wildman–Crippen MR) is 72.4 cm³/mol. The van der Waals surface area contributed by atoms with Crippen LogP contribution in [0.25, 0.3) is 11.4 Å². The Hall–Kier alpha value is -2.50. The number of tetrazole rings is 1. The molecule has 0 atom stereocenters. The predicted octanol–water partition coefficient (Wildman–Crippen LogP) is 2.18. The first-order valence-corrected chi connectivity index (χ1v) is 6.18. The Morgan fingerprint density at radius 3 is 2.58 bits per heavy atom. The van der Waals surface area contributed by atoms with Crippen molar-refractivity contribution in [1.82, 2.24) is 30.0 Å². The van der Waals surface area contributed by atoms with Gasteiger partial charge in [-0.1, -0.05) is 19.9 Å². The summed E-state index contributed by atoms with van der Waals surface area (Å²) in [5.41, 5.74) is 3.07. The summed E-state index contributed by atoms with van der Waals surface area (Å²) in [5.74, 6) is 0. The molecule has 0 amide bonds. The molecule has 0 aliphatic rings. The van der Waals surface area contributed by atoms with E-state index in [1.165, 1.54) is 0 Å². The van der Waals surface area contributed by atoms with Crippen molar-refractivity contribution in [3.63, 3.8) is 0 Å². The number of rotatable bonds is 2. The van der Waals surface area contributed by atoms with E-state index in [0.717, 1.165) is 16.9 Å². The van der Waals surface area contributed by atoms with Crippen molar-refractivity contribution in [2.75, 3.05) is 0 Å². The number of nitrogens with zero attached hydrogens (tertiary/aromatic N) is 6. The molecule has 19 heavy (non-hydrogen) atoms. The monoisotopic (exact) mass is 256 g/mol. The lowest BCUT2D eigenvalue weighted by Gasteiger charge is -2.08. The normalized spacial score (nSPS) is 9.84. The smallest absolute Gasteiger partial charge is 0.143 e. The summed E-state index contributed by atoms with van der Waals surface area (Å²) in [6.45, 7) is 6.04. The van der Waals surface area contributed by atoms with Crippen molar-refractivity contribution >= 4 is 0 Å². The average Bonchev–Trinajstić information content (AvgIpc) is 3.15.